The van der Waals surface area contributed by atoms with Crippen LogP contribution in [0.4, 0.5) is 10.1 Å². The lowest BCUT2D eigenvalue weighted by Crippen LogP contribution is -2.26. The molecule has 0 spiro atoms. The molecule has 0 radical (unpaired) electrons. The van der Waals surface area contributed by atoms with Crippen molar-refractivity contribution in [3.63, 3.8) is 0 Å². The van der Waals surface area contributed by atoms with Gasteiger partial charge in [-0.3, -0.25) is 4.79 Å². The van der Waals surface area contributed by atoms with Crippen LogP contribution in [0.3, 0.4) is 0 Å². The SMILES string of the molecule is CN(C)Cc1ccc(N=C(c2cccc(CNC(=O)CC3CCCCC3)c2)c2c(O)[nH]c3cc(F)ccc23)cc1. The van der Waals surface area contributed by atoms with E-state index in [1.54, 1.807) is 6.07 Å². The molecule has 1 amide bonds. The van der Waals surface area contributed by atoms with E-state index in [2.05, 4.69) is 15.2 Å². The number of benzene rings is 3. The Kier molecular flexibility index (Phi) is 8.60. The van der Waals surface area contributed by atoms with E-state index in [-0.39, 0.29) is 17.6 Å². The number of aliphatic imine (C=N–C) groups is 1. The lowest BCUT2D eigenvalue weighted by Gasteiger charge is -2.20. The maximum Gasteiger partial charge on any atom is 0.220 e. The number of aromatic hydroxyl groups is 1. The zero-order valence-electron chi connectivity index (χ0n) is 23.2. The standard InChI is InChI=1S/C33H37FN4O2/c1-38(2)21-23-11-14-27(15-12-23)36-32(31-28-16-13-26(34)19-29(28)37-33(31)40)25-10-6-9-24(17-25)20-35-30(39)18-22-7-4-3-5-8-22/h6,9-17,19,22,37,40H,3-5,7-8,18,20-21H2,1-2H3,(H,35,39). The molecule has 1 aromatic heterocycles. The average Bonchev–Trinajstić information content (AvgIpc) is 3.26. The third kappa shape index (κ3) is 6.77. The zero-order chi connectivity index (χ0) is 28.1. The lowest BCUT2D eigenvalue weighted by atomic mass is 9.87. The number of hydrogen-bond acceptors (Lipinski definition) is 4. The van der Waals surface area contributed by atoms with Crippen LogP contribution in [-0.4, -0.2) is 40.7 Å². The Bertz CT molecular complexity index is 1500. The average molecular weight is 541 g/mol. The maximum absolute atomic E-state index is 14.0. The Morgan fingerprint density at radius 2 is 1.80 bits per heavy atom. The Labute approximate surface area is 235 Å². The highest BCUT2D eigenvalue weighted by atomic mass is 19.1. The second-order valence-corrected chi connectivity index (χ2v) is 11.1. The molecular weight excluding hydrogens is 503 g/mol. The molecule has 3 N–H and O–H groups in total. The van der Waals surface area contributed by atoms with Crippen LogP contribution >= 0.6 is 0 Å². The summed E-state index contributed by atoms with van der Waals surface area (Å²) in [7, 11) is 4.05. The van der Waals surface area contributed by atoms with Gasteiger partial charge in [-0.2, -0.15) is 0 Å². The number of halogens is 1. The van der Waals surface area contributed by atoms with Crippen LogP contribution in [0, 0.1) is 11.7 Å². The maximum atomic E-state index is 14.0. The largest absolute Gasteiger partial charge is 0.494 e. The van der Waals surface area contributed by atoms with E-state index in [0.717, 1.165) is 36.2 Å². The van der Waals surface area contributed by atoms with Crippen molar-refractivity contribution < 1.29 is 14.3 Å². The minimum absolute atomic E-state index is 0.0743. The molecule has 5 rings (SSSR count). The highest BCUT2D eigenvalue weighted by molar-refractivity contribution is 6.21. The number of nitrogens with zero attached hydrogens (tertiary/aromatic N) is 2. The van der Waals surface area contributed by atoms with Crippen LogP contribution in [0.2, 0.25) is 0 Å². The van der Waals surface area contributed by atoms with E-state index in [1.165, 1.54) is 37.0 Å². The van der Waals surface area contributed by atoms with E-state index >= 15 is 0 Å². The molecule has 1 fully saturated rings. The molecule has 1 heterocycles. The number of carbonyl (C=O) groups excluding carboxylic acids is 1. The second-order valence-electron chi connectivity index (χ2n) is 11.1. The first-order valence-electron chi connectivity index (χ1n) is 14.0. The van der Waals surface area contributed by atoms with E-state index in [9.17, 15) is 14.3 Å². The second kappa shape index (κ2) is 12.5. The molecule has 6 nitrogen and oxygen atoms in total. The van der Waals surface area contributed by atoms with Gasteiger partial charge < -0.3 is 20.3 Å². The molecular formula is C33H37FN4O2. The number of nitrogens with one attached hydrogen (secondary N) is 2. The predicted molar refractivity (Wildman–Crippen MR) is 159 cm³/mol. The number of carbonyl (C=O) groups is 1. The van der Waals surface area contributed by atoms with Crippen molar-refractivity contribution in [1.82, 2.24) is 15.2 Å². The van der Waals surface area contributed by atoms with E-state index < -0.39 is 0 Å². The third-order valence-corrected chi connectivity index (χ3v) is 7.54. The van der Waals surface area contributed by atoms with Gasteiger partial charge in [-0.25, -0.2) is 9.38 Å². The number of hydrogen-bond donors (Lipinski definition) is 3. The Morgan fingerprint density at radius 1 is 1.02 bits per heavy atom. The van der Waals surface area contributed by atoms with Gasteiger partial charge in [0, 0.05) is 30.5 Å². The minimum atomic E-state index is -0.388. The number of aromatic amines is 1. The Balaban J connectivity index is 1.46. The summed E-state index contributed by atoms with van der Waals surface area (Å²) in [5, 5.41) is 14.7. The summed E-state index contributed by atoms with van der Waals surface area (Å²) in [6, 6.07) is 20.2. The highest BCUT2D eigenvalue weighted by Crippen LogP contribution is 2.32. The molecule has 0 saturated heterocycles. The Hall–Kier alpha value is -3.97. The lowest BCUT2D eigenvalue weighted by molar-refractivity contribution is -0.122. The quantitative estimate of drug-likeness (QED) is 0.204. The van der Waals surface area contributed by atoms with Crippen LogP contribution in [0.1, 0.15) is 60.8 Å². The zero-order valence-corrected chi connectivity index (χ0v) is 23.2. The van der Waals surface area contributed by atoms with Crippen LogP contribution in [-0.2, 0) is 17.9 Å². The highest BCUT2D eigenvalue weighted by Gasteiger charge is 2.20. The molecule has 1 saturated carbocycles. The van der Waals surface area contributed by atoms with Gasteiger partial charge in [0.05, 0.1) is 22.5 Å². The van der Waals surface area contributed by atoms with Gasteiger partial charge in [0.2, 0.25) is 5.91 Å². The van der Waals surface area contributed by atoms with Crippen molar-refractivity contribution in [1.29, 1.82) is 0 Å². The molecule has 40 heavy (non-hydrogen) atoms. The van der Waals surface area contributed by atoms with Crippen LogP contribution in [0.15, 0.2) is 71.7 Å². The Morgan fingerprint density at radius 3 is 2.55 bits per heavy atom. The van der Waals surface area contributed by atoms with Crippen LogP contribution in [0.5, 0.6) is 5.88 Å². The monoisotopic (exact) mass is 540 g/mol. The first-order valence-corrected chi connectivity index (χ1v) is 14.0. The van der Waals surface area contributed by atoms with Gasteiger partial charge in [-0.1, -0.05) is 49.6 Å². The molecule has 1 aliphatic rings. The van der Waals surface area contributed by atoms with Crippen molar-refractivity contribution in [2.75, 3.05) is 14.1 Å². The van der Waals surface area contributed by atoms with E-state index in [1.807, 2.05) is 62.6 Å². The molecule has 0 aliphatic heterocycles. The van der Waals surface area contributed by atoms with Gasteiger partial charge in [0.1, 0.15) is 5.82 Å². The molecule has 7 heteroatoms. The van der Waals surface area contributed by atoms with Crippen LogP contribution in [0.25, 0.3) is 10.9 Å². The molecule has 208 valence electrons. The number of aromatic nitrogens is 1. The number of rotatable bonds is 9. The summed E-state index contributed by atoms with van der Waals surface area (Å²) >= 11 is 0. The molecule has 0 unspecified atom stereocenters. The van der Waals surface area contributed by atoms with Crippen molar-refractivity contribution in [3.8, 4) is 5.88 Å². The minimum Gasteiger partial charge on any atom is -0.494 e. The first-order chi connectivity index (χ1) is 19.4. The molecule has 1 aliphatic carbocycles. The summed E-state index contributed by atoms with van der Waals surface area (Å²) in [5.74, 6) is 0.105. The van der Waals surface area contributed by atoms with E-state index in [0.29, 0.717) is 41.1 Å². The summed E-state index contributed by atoms with van der Waals surface area (Å²) in [5.41, 5.74) is 5.19. The number of fused-ring (bicyclic) bond motifs is 1. The van der Waals surface area contributed by atoms with Crippen LogP contribution < -0.4 is 5.32 Å². The summed E-state index contributed by atoms with van der Waals surface area (Å²) in [4.78, 5) is 22.6. The van der Waals surface area contributed by atoms with Gasteiger partial charge in [0.25, 0.3) is 0 Å². The van der Waals surface area contributed by atoms with Gasteiger partial charge in [0.15, 0.2) is 5.88 Å². The van der Waals surface area contributed by atoms with Gasteiger partial charge in [-0.05, 0) is 80.4 Å². The third-order valence-electron chi connectivity index (χ3n) is 7.54. The van der Waals surface area contributed by atoms with Gasteiger partial charge in [-0.15, -0.1) is 0 Å². The number of amides is 1. The molecule has 4 aromatic rings. The van der Waals surface area contributed by atoms with Crippen molar-refractivity contribution >= 4 is 28.2 Å². The fraction of sp³-hybridized carbons (Fsp3) is 0.333. The molecule has 0 bridgehead atoms. The van der Waals surface area contributed by atoms with Crippen molar-refractivity contribution in [2.24, 2.45) is 10.9 Å². The normalized spacial score (nSPS) is 14.7. The van der Waals surface area contributed by atoms with Crippen molar-refractivity contribution in [2.45, 2.75) is 51.6 Å². The topological polar surface area (TPSA) is 80.7 Å². The predicted octanol–water partition coefficient (Wildman–Crippen LogP) is 6.83. The summed E-state index contributed by atoms with van der Waals surface area (Å²) in [6.45, 7) is 1.23. The fourth-order valence-corrected chi connectivity index (χ4v) is 5.59. The van der Waals surface area contributed by atoms with E-state index in [4.69, 9.17) is 4.99 Å². The smallest absolute Gasteiger partial charge is 0.220 e. The summed E-state index contributed by atoms with van der Waals surface area (Å²) in [6.07, 6.45) is 6.56. The molecule has 0 atom stereocenters. The summed E-state index contributed by atoms with van der Waals surface area (Å²) < 4.78 is 14.0. The van der Waals surface area contributed by atoms with Crippen molar-refractivity contribution in [3.05, 3.63) is 94.8 Å². The fourth-order valence-electron chi connectivity index (χ4n) is 5.59. The van der Waals surface area contributed by atoms with Gasteiger partial charge >= 0.3 is 0 Å². The number of H-pyrrole nitrogens is 1. The first kappa shape index (κ1) is 27.6. The molecule has 3 aromatic carbocycles.